The molecular weight excluding hydrogens is 400 g/mol. The monoisotopic (exact) mass is 416 g/mol. The van der Waals surface area contributed by atoms with Gasteiger partial charge >= 0.3 is 11.9 Å². The van der Waals surface area contributed by atoms with E-state index in [9.17, 15) is 19.2 Å². The number of ether oxygens (including phenoxy) is 2. The molecule has 10 nitrogen and oxygen atoms in total. The van der Waals surface area contributed by atoms with E-state index in [0.717, 1.165) is 16.0 Å². The number of anilines is 1. The zero-order chi connectivity index (χ0) is 21.1. The fourth-order valence-electron chi connectivity index (χ4n) is 2.67. The van der Waals surface area contributed by atoms with E-state index in [2.05, 4.69) is 15.6 Å². The maximum absolute atomic E-state index is 12.5. The Morgan fingerprint density at radius 1 is 1.14 bits per heavy atom. The number of esters is 2. The average Bonchev–Trinajstić information content (AvgIpc) is 3.04. The molecule has 0 fully saturated rings. The number of nitrogens with one attached hydrogen (secondary N) is 1. The van der Waals surface area contributed by atoms with Crippen LogP contribution in [0.1, 0.15) is 25.6 Å². The summed E-state index contributed by atoms with van der Waals surface area (Å²) < 4.78 is 10.4. The Balaban J connectivity index is 1.91. The molecule has 0 saturated heterocycles. The lowest BCUT2D eigenvalue weighted by Gasteiger charge is -2.07. The van der Waals surface area contributed by atoms with Crippen LogP contribution in [0.25, 0.3) is 10.9 Å². The minimum absolute atomic E-state index is 0.0446. The molecule has 0 atom stereocenters. The van der Waals surface area contributed by atoms with Gasteiger partial charge in [0, 0.05) is 0 Å². The fourth-order valence-corrected chi connectivity index (χ4v) is 3.80. The summed E-state index contributed by atoms with van der Waals surface area (Å²) in [5.41, 5.74) is 0.310. The zero-order valence-corrected chi connectivity index (χ0v) is 16.5. The van der Waals surface area contributed by atoms with Crippen molar-refractivity contribution in [3.05, 3.63) is 50.6 Å². The van der Waals surface area contributed by atoms with Crippen LogP contribution < -0.4 is 10.9 Å². The smallest absolute Gasteiger partial charge is 0.348 e. The Morgan fingerprint density at radius 2 is 1.83 bits per heavy atom. The quantitative estimate of drug-likeness (QED) is 0.618. The summed E-state index contributed by atoms with van der Waals surface area (Å²) in [6.07, 6.45) is 0. The number of nitrogens with zero attached hydrogens (tertiary/aromatic N) is 3. The highest BCUT2D eigenvalue weighted by molar-refractivity contribution is 7.18. The number of aromatic nitrogens is 3. The highest BCUT2D eigenvalue weighted by Gasteiger charge is 2.27. The van der Waals surface area contributed by atoms with E-state index in [1.807, 2.05) is 0 Å². The number of carbonyl (C=O) groups excluding carboxylic acids is 3. The van der Waals surface area contributed by atoms with Gasteiger partial charge < -0.3 is 14.8 Å². The molecule has 29 heavy (non-hydrogen) atoms. The normalized spacial score (nSPS) is 10.6. The second-order valence-electron chi connectivity index (χ2n) is 5.86. The number of amides is 1. The standard InChI is InChI=1S/C18H16N4O6S/c1-9-13(17(25)27-2)15(29-14(9)18(26)28-3)19-12(23)8-22-16(24)10-6-4-5-7-11(10)20-21-22/h4-7H,8H2,1-3H3,(H,19,23). The molecule has 0 aliphatic carbocycles. The van der Waals surface area contributed by atoms with E-state index in [1.54, 1.807) is 31.2 Å². The van der Waals surface area contributed by atoms with Crippen LogP contribution in [0, 0.1) is 6.92 Å². The second-order valence-corrected chi connectivity index (χ2v) is 6.88. The molecule has 2 aromatic heterocycles. The molecule has 3 rings (SSSR count). The van der Waals surface area contributed by atoms with Crippen molar-refractivity contribution in [2.45, 2.75) is 13.5 Å². The Morgan fingerprint density at radius 3 is 2.52 bits per heavy atom. The first-order chi connectivity index (χ1) is 13.9. The zero-order valence-electron chi connectivity index (χ0n) is 15.7. The molecule has 0 saturated carbocycles. The molecule has 0 spiro atoms. The molecule has 150 valence electrons. The van der Waals surface area contributed by atoms with E-state index < -0.39 is 29.9 Å². The van der Waals surface area contributed by atoms with Crippen LogP contribution in [-0.2, 0) is 20.8 Å². The topological polar surface area (TPSA) is 129 Å². The molecule has 1 amide bonds. The minimum Gasteiger partial charge on any atom is -0.465 e. The predicted octanol–water partition coefficient (Wildman–Crippen LogP) is 1.37. The molecule has 2 heterocycles. The first-order valence-corrected chi connectivity index (χ1v) is 9.11. The van der Waals surface area contributed by atoms with Gasteiger partial charge in [-0.05, 0) is 24.6 Å². The molecule has 0 unspecified atom stereocenters. The number of benzene rings is 1. The number of thiophene rings is 1. The lowest BCUT2D eigenvalue weighted by molar-refractivity contribution is -0.117. The van der Waals surface area contributed by atoms with Gasteiger partial charge in [0.05, 0.1) is 25.2 Å². The highest BCUT2D eigenvalue weighted by atomic mass is 32.1. The van der Waals surface area contributed by atoms with Crippen LogP contribution in [0.15, 0.2) is 29.1 Å². The lowest BCUT2D eigenvalue weighted by Crippen LogP contribution is -2.30. The number of fused-ring (bicyclic) bond motifs is 1. The second kappa shape index (κ2) is 8.19. The minimum atomic E-state index is -0.716. The number of hydrogen-bond donors (Lipinski definition) is 1. The summed E-state index contributed by atoms with van der Waals surface area (Å²) in [5.74, 6) is -1.99. The van der Waals surface area contributed by atoms with E-state index in [1.165, 1.54) is 14.2 Å². The number of rotatable bonds is 5. The SMILES string of the molecule is COC(=O)c1sc(NC(=O)Cn2nnc3ccccc3c2=O)c(C(=O)OC)c1C. The van der Waals surface area contributed by atoms with Gasteiger partial charge in [-0.1, -0.05) is 17.3 Å². The van der Waals surface area contributed by atoms with Gasteiger partial charge in [0.2, 0.25) is 5.91 Å². The van der Waals surface area contributed by atoms with Crippen LogP contribution in [0.3, 0.4) is 0 Å². The van der Waals surface area contributed by atoms with Gasteiger partial charge in [-0.3, -0.25) is 9.59 Å². The van der Waals surface area contributed by atoms with Crippen molar-refractivity contribution < 1.29 is 23.9 Å². The van der Waals surface area contributed by atoms with Gasteiger partial charge in [0.15, 0.2) is 0 Å². The van der Waals surface area contributed by atoms with Gasteiger partial charge in [-0.25, -0.2) is 14.3 Å². The molecular formula is C18H16N4O6S. The van der Waals surface area contributed by atoms with E-state index in [-0.39, 0.29) is 15.4 Å². The van der Waals surface area contributed by atoms with Gasteiger partial charge in [-0.2, -0.15) is 0 Å². The van der Waals surface area contributed by atoms with Crippen molar-refractivity contribution in [1.29, 1.82) is 0 Å². The molecule has 0 bridgehead atoms. The molecule has 11 heteroatoms. The molecule has 0 aliphatic heterocycles. The van der Waals surface area contributed by atoms with Crippen molar-refractivity contribution in [2.75, 3.05) is 19.5 Å². The van der Waals surface area contributed by atoms with E-state index >= 15 is 0 Å². The highest BCUT2D eigenvalue weighted by Crippen LogP contribution is 2.34. The Kier molecular flexibility index (Phi) is 5.69. The van der Waals surface area contributed by atoms with Gasteiger partial charge in [0.1, 0.15) is 21.9 Å². The third-order valence-corrected chi connectivity index (χ3v) is 5.27. The van der Waals surface area contributed by atoms with Crippen molar-refractivity contribution in [1.82, 2.24) is 15.0 Å². The fraction of sp³-hybridized carbons (Fsp3) is 0.222. The van der Waals surface area contributed by atoms with Gasteiger partial charge in [-0.15, -0.1) is 16.4 Å². The Hall–Kier alpha value is -3.60. The molecule has 0 radical (unpaired) electrons. The first-order valence-electron chi connectivity index (χ1n) is 8.29. The van der Waals surface area contributed by atoms with Crippen molar-refractivity contribution >= 4 is 45.1 Å². The maximum Gasteiger partial charge on any atom is 0.348 e. The summed E-state index contributed by atoms with van der Waals surface area (Å²) in [4.78, 5) is 49.2. The van der Waals surface area contributed by atoms with E-state index in [0.29, 0.717) is 16.5 Å². The third-order valence-electron chi connectivity index (χ3n) is 4.08. The lowest BCUT2D eigenvalue weighted by atomic mass is 10.1. The Bertz CT molecular complexity index is 1180. The van der Waals surface area contributed by atoms with Crippen LogP contribution in [0.4, 0.5) is 5.00 Å². The van der Waals surface area contributed by atoms with Crippen LogP contribution in [0.2, 0.25) is 0 Å². The van der Waals surface area contributed by atoms with Crippen molar-refractivity contribution in [3.8, 4) is 0 Å². The predicted molar refractivity (Wildman–Crippen MR) is 104 cm³/mol. The molecule has 1 aromatic carbocycles. The molecule has 0 aliphatic rings. The largest absolute Gasteiger partial charge is 0.465 e. The number of hydrogen-bond acceptors (Lipinski definition) is 9. The van der Waals surface area contributed by atoms with Crippen LogP contribution >= 0.6 is 11.3 Å². The summed E-state index contributed by atoms with van der Waals surface area (Å²) in [6.45, 7) is 1.12. The summed E-state index contributed by atoms with van der Waals surface area (Å²) in [5, 5.41) is 10.6. The summed E-state index contributed by atoms with van der Waals surface area (Å²) >= 11 is 0.877. The van der Waals surface area contributed by atoms with Crippen molar-refractivity contribution in [3.63, 3.8) is 0 Å². The summed E-state index contributed by atoms with van der Waals surface area (Å²) in [6, 6.07) is 6.63. The molecule has 3 aromatic rings. The summed E-state index contributed by atoms with van der Waals surface area (Å²) in [7, 11) is 2.40. The number of carbonyl (C=O) groups is 3. The number of methoxy groups -OCH3 is 2. The van der Waals surface area contributed by atoms with E-state index in [4.69, 9.17) is 9.47 Å². The van der Waals surface area contributed by atoms with Crippen LogP contribution in [-0.4, -0.2) is 47.1 Å². The average molecular weight is 416 g/mol. The first kappa shape index (κ1) is 20.1. The van der Waals surface area contributed by atoms with Crippen LogP contribution in [0.5, 0.6) is 0 Å². The maximum atomic E-state index is 12.5. The van der Waals surface area contributed by atoms with Gasteiger partial charge in [0.25, 0.3) is 5.56 Å². The third kappa shape index (κ3) is 3.85. The van der Waals surface area contributed by atoms with Crippen molar-refractivity contribution in [2.24, 2.45) is 0 Å². The Labute approximate surface area is 168 Å². The molecule has 1 N–H and O–H groups in total.